The van der Waals surface area contributed by atoms with Crippen LogP contribution in [0.3, 0.4) is 0 Å². The number of fused-ring (bicyclic) bond motifs is 1. The summed E-state index contributed by atoms with van der Waals surface area (Å²) >= 11 is 0. The minimum Gasteiger partial charge on any atom is -0.491 e. The predicted octanol–water partition coefficient (Wildman–Crippen LogP) is 2.67. The third-order valence-corrected chi connectivity index (χ3v) is 4.14. The molecule has 0 amide bonds. The second-order valence-corrected chi connectivity index (χ2v) is 5.28. The van der Waals surface area contributed by atoms with Crippen LogP contribution in [0.15, 0.2) is 24.3 Å². The molecule has 0 saturated heterocycles. The molecule has 0 bridgehead atoms. The summed E-state index contributed by atoms with van der Waals surface area (Å²) in [6, 6.07) is 9.32. The highest BCUT2D eigenvalue weighted by Gasteiger charge is 2.28. The Labute approximate surface area is 108 Å². The molecule has 1 aromatic carbocycles. The van der Waals surface area contributed by atoms with Gasteiger partial charge in [0.05, 0.1) is 12.1 Å². The molecule has 98 valence electrons. The Morgan fingerprint density at radius 1 is 1.17 bits per heavy atom. The van der Waals surface area contributed by atoms with Crippen LogP contribution in [0.1, 0.15) is 37.3 Å². The first-order valence-corrected chi connectivity index (χ1v) is 6.87. The number of ether oxygens (including phenoxy) is 2. The smallest absolute Gasteiger partial charge is 0.124 e. The van der Waals surface area contributed by atoms with Crippen molar-refractivity contribution in [2.75, 3.05) is 13.7 Å². The monoisotopic (exact) mass is 247 g/mol. The van der Waals surface area contributed by atoms with E-state index in [0.29, 0.717) is 18.2 Å². The van der Waals surface area contributed by atoms with Crippen LogP contribution in [0, 0.1) is 0 Å². The first kappa shape index (κ1) is 12.0. The van der Waals surface area contributed by atoms with Crippen molar-refractivity contribution < 1.29 is 9.47 Å². The van der Waals surface area contributed by atoms with Gasteiger partial charge < -0.3 is 14.8 Å². The van der Waals surface area contributed by atoms with Gasteiger partial charge >= 0.3 is 0 Å². The van der Waals surface area contributed by atoms with E-state index in [2.05, 4.69) is 23.5 Å². The molecule has 3 rings (SSSR count). The molecule has 1 aromatic rings. The molecule has 1 aliphatic heterocycles. The van der Waals surface area contributed by atoms with E-state index >= 15 is 0 Å². The van der Waals surface area contributed by atoms with Gasteiger partial charge in [0.1, 0.15) is 12.4 Å². The highest BCUT2D eigenvalue weighted by atomic mass is 16.5. The van der Waals surface area contributed by atoms with Gasteiger partial charge in [-0.15, -0.1) is 0 Å². The fraction of sp³-hybridized carbons (Fsp3) is 0.600. The Morgan fingerprint density at radius 2 is 1.94 bits per heavy atom. The summed E-state index contributed by atoms with van der Waals surface area (Å²) in [5.74, 6) is 1.04. The number of benzene rings is 1. The fourth-order valence-corrected chi connectivity index (χ4v) is 3.05. The third-order valence-electron chi connectivity index (χ3n) is 4.14. The lowest BCUT2D eigenvalue weighted by Crippen LogP contribution is -2.38. The topological polar surface area (TPSA) is 30.5 Å². The maximum atomic E-state index is 5.71. The number of rotatable bonds is 3. The first-order valence-electron chi connectivity index (χ1n) is 6.87. The van der Waals surface area contributed by atoms with Gasteiger partial charge in [-0.25, -0.2) is 0 Å². The van der Waals surface area contributed by atoms with Gasteiger partial charge in [-0.05, 0) is 31.7 Å². The van der Waals surface area contributed by atoms with Crippen molar-refractivity contribution in [3.63, 3.8) is 0 Å². The van der Waals surface area contributed by atoms with Crippen molar-refractivity contribution in [2.24, 2.45) is 0 Å². The average molecular weight is 247 g/mol. The van der Waals surface area contributed by atoms with Crippen LogP contribution < -0.4 is 10.1 Å². The van der Waals surface area contributed by atoms with Crippen molar-refractivity contribution in [1.29, 1.82) is 0 Å². The summed E-state index contributed by atoms with van der Waals surface area (Å²) in [7, 11) is 1.82. The molecule has 0 radical (unpaired) electrons. The van der Waals surface area contributed by atoms with E-state index in [-0.39, 0.29) is 0 Å². The van der Waals surface area contributed by atoms with Gasteiger partial charge in [0.15, 0.2) is 0 Å². The Bertz CT molecular complexity index is 399. The molecule has 1 atom stereocenters. The van der Waals surface area contributed by atoms with E-state index in [0.717, 1.165) is 12.4 Å². The van der Waals surface area contributed by atoms with Crippen molar-refractivity contribution in [2.45, 2.75) is 43.9 Å². The molecule has 1 aliphatic carbocycles. The summed E-state index contributed by atoms with van der Waals surface area (Å²) < 4.78 is 11.1. The highest BCUT2D eigenvalue weighted by Crippen LogP contribution is 2.33. The maximum Gasteiger partial charge on any atom is 0.124 e. The molecule has 18 heavy (non-hydrogen) atoms. The van der Waals surface area contributed by atoms with Gasteiger partial charge in [0.25, 0.3) is 0 Å². The van der Waals surface area contributed by atoms with Crippen molar-refractivity contribution in [3.05, 3.63) is 29.8 Å². The molecule has 1 fully saturated rings. The second kappa shape index (κ2) is 5.29. The van der Waals surface area contributed by atoms with E-state index in [1.54, 1.807) is 0 Å². The molecule has 1 N–H and O–H groups in total. The highest BCUT2D eigenvalue weighted by molar-refractivity contribution is 5.39. The fourth-order valence-electron chi connectivity index (χ4n) is 3.05. The van der Waals surface area contributed by atoms with Gasteiger partial charge in [-0.1, -0.05) is 18.2 Å². The third kappa shape index (κ3) is 2.38. The number of para-hydroxylation sites is 1. The van der Waals surface area contributed by atoms with E-state index in [1.165, 1.54) is 31.2 Å². The molecule has 2 aliphatic rings. The quantitative estimate of drug-likeness (QED) is 0.890. The minimum absolute atomic E-state index is 0.366. The van der Waals surface area contributed by atoms with Crippen LogP contribution >= 0.6 is 0 Å². The molecule has 1 unspecified atom stereocenters. The van der Waals surface area contributed by atoms with Crippen molar-refractivity contribution in [3.8, 4) is 5.75 Å². The number of methoxy groups -OCH3 is 1. The summed E-state index contributed by atoms with van der Waals surface area (Å²) in [5.41, 5.74) is 1.31. The molecule has 3 heteroatoms. The van der Waals surface area contributed by atoms with Crippen LogP contribution in [0.5, 0.6) is 5.75 Å². The summed E-state index contributed by atoms with van der Waals surface area (Å²) in [6.45, 7) is 0.767. The molecular formula is C15H21NO2. The Balaban J connectivity index is 1.59. The lowest BCUT2D eigenvalue weighted by molar-refractivity contribution is 0.0607. The van der Waals surface area contributed by atoms with Crippen LogP contribution in [0.4, 0.5) is 0 Å². The molecule has 0 aromatic heterocycles. The van der Waals surface area contributed by atoms with Gasteiger partial charge in [-0.2, -0.15) is 0 Å². The van der Waals surface area contributed by atoms with E-state index in [1.807, 2.05) is 13.2 Å². The van der Waals surface area contributed by atoms with Crippen molar-refractivity contribution >= 4 is 0 Å². The van der Waals surface area contributed by atoms with E-state index in [9.17, 15) is 0 Å². The Morgan fingerprint density at radius 3 is 2.72 bits per heavy atom. The Hall–Kier alpha value is -1.06. The first-order chi connectivity index (χ1) is 8.86. The van der Waals surface area contributed by atoms with Crippen LogP contribution in [-0.2, 0) is 4.74 Å². The molecule has 0 spiro atoms. The largest absolute Gasteiger partial charge is 0.491 e. The lowest BCUT2D eigenvalue weighted by atomic mass is 9.92. The summed E-state index contributed by atoms with van der Waals surface area (Å²) in [4.78, 5) is 0. The van der Waals surface area contributed by atoms with E-state index in [4.69, 9.17) is 9.47 Å². The standard InChI is InChI=1S/C15H21NO2/c1-17-12-8-6-11(7-9-12)16-14-10-18-15-5-3-2-4-13(14)15/h2-5,11-12,14,16H,6-10H2,1H3. The Kier molecular flexibility index (Phi) is 3.52. The minimum atomic E-state index is 0.366. The summed E-state index contributed by atoms with van der Waals surface area (Å²) in [6.07, 6.45) is 5.22. The second-order valence-electron chi connectivity index (χ2n) is 5.28. The average Bonchev–Trinajstić information content (AvgIpc) is 2.83. The normalized spacial score (nSPS) is 30.8. The predicted molar refractivity (Wildman–Crippen MR) is 70.9 cm³/mol. The van der Waals surface area contributed by atoms with E-state index < -0.39 is 0 Å². The summed E-state index contributed by atoms with van der Waals surface area (Å²) in [5, 5.41) is 3.74. The lowest BCUT2D eigenvalue weighted by Gasteiger charge is -2.30. The zero-order valence-corrected chi connectivity index (χ0v) is 10.9. The number of nitrogens with one attached hydrogen (secondary N) is 1. The maximum absolute atomic E-state index is 5.71. The zero-order chi connectivity index (χ0) is 12.4. The molecule has 3 nitrogen and oxygen atoms in total. The molecule has 1 heterocycles. The van der Waals surface area contributed by atoms with Gasteiger partial charge in [-0.3, -0.25) is 0 Å². The van der Waals surface area contributed by atoms with Crippen molar-refractivity contribution in [1.82, 2.24) is 5.32 Å². The van der Waals surface area contributed by atoms with Crippen LogP contribution in [-0.4, -0.2) is 25.9 Å². The van der Waals surface area contributed by atoms with Crippen LogP contribution in [0.25, 0.3) is 0 Å². The van der Waals surface area contributed by atoms with Gasteiger partial charge in [0, 0.05) is 18.7 Å². The zero-order valence-electron chi connectivity index (χ0n) is 10.9. The number of hydrogen-bond acceptors (Lipinski definition) is 3. The molecule has 1 saturated carbocycles. The SMILES string of the molecule is COC1CCC(NC2COc3ccccc32)CC1. The van der Waals surface area contributed by atoms with Gasteiger partial charge in [0.2, 0.25) is 0 Å². The van der Waals surface area contributed by atoms with Crippen LogP contribution in [0.2, 0.25) is 0 Å². The molecular weight excluding hydrogens is 226 g/mol. The number of hydrogen-bond donors (Lipinski definition) is 1.